The second-order valence-electron chi connectivity index (χ2n) is 5.97. The lowest BCUT2D eigenvalue weighted by Crippen LogP contribution is -2.52. The summed E-state index contributed by atoms with van der Waals surface area (Å²) < 4.78 is 0. The third-order valence-corrected chi connectivity index (χ3v) is 4.43. The van der Waals surface area contributed by atoms with Gasteiger partial charge in [-0.2, -0.15) is 0 Å². The van der Waals surface area contributed by atoms with Crippen molar-refractivity contribution in [3.63, 3.8) is 0 Å². The van der Waals surface area contributed by atoms with Gasteiger partial charge in [-0.3, -0.25) is 4.79 Å². The van der Waals surface area contributed by atoms with Gasteiger partial charge in [0.15, 0.2) is 0 Å². The van der Waals surface area contributed by atoms with E-state index < -0.39 is 17.4 Å². The lowest BCUT2D eigenvalue weighted by molar-refractivity contribution is -0.143. The van der Waals surface area contributed by atoms with E-state index in [4.69, 9.17) is 5.73 Å². The van der Waals surface area contributed by atoms with Crippen molar-refractivity contribution in [2.75, 3.05) is 0 Å². The average molecular weight is 290 g/mol. The number of carbonyl (C=O) groups is 2. The van der Waals surface area contributed by atoms with Crippen LogP contribution in [0.3, 0.4) is 0 Å². The zero-order valence-electron chi connectivity index (χ0n) is 12.2. The highest BCUT2D eigenvalue weighted by Gasteiger charge is 2.44. The van der Waals surface area contributed by atoms with Gasteiger partial charge in [0.2, 0.25) is 5.91 Å². The van der Waals surface area contributed by atoms with Crippen LogP contribution in [-0.2, 0) is 16.0 Å². The van der Waals surface area contributed by atoms with Crippen molar-refractivity contribution in [3.8, 4) is 0 Å². The minimum Gasteiger partial charge on any atom is -0.480 e. The van der Waals surface area contributed by atoms with Crippen LogP contribution in [0.5, 0.6) is 0 Å². The molecule has 1 amide bonds. The van der Waals surface area contributed by atoms with Crippen LogP contribution in [0.15, 0.2) is 30.3 Å². The van der Waals surface area contributed by atoms with E-state index in [1.165, 1.54) is 0 Å². The summed E-state index contributed by atoms with van der Waals surface area (Å²) in [5, 5.41) is 12.0. The third kappa shape index (κ3) is 3.42. The van der Waals surface area contributed by atoms with Crippen LogP contribution in [-0.4, -0.2) is 29.1 Å². The van der Waals surface area contributed by atoms with E-state index in [0.29, 0.717) is 6.42 Å². The first-order valence-corrected chi connectivity index (χ1v) is 7.27. The maximum absolute atomic E-state index is 12.4. The number of nitrogens with two attached hydrogens (primary N) is 1. The number of aliphatic carboxylic acids is 1. The molecule has 0 saturated heterocycles. The molecule has 4 N–H and O–H groups in total. The fourth-order valence-electron chi connectivity index (χ4n) is 2.85. The van der Waals surface area contributed by atoms with E-state index >= 15 is 0 Å². The lowest BCUT2D eigenvalue weighted by Gasteiger charge is -2.29. The maximum atomic E-state index is 12.4. The predicted octanol–water partition coefficient (Wildman–Crippen LogP) is 1.32. The second-order valence-corrected chi connectivity index (χ2v) is 5.97. The third-order valence-electron chi connectivity index (χ3n) is 4.43. The highest BCUT2D eigenvalue weighted by atomic mass is 16.4. The molecule has 0 radical (unpaired) electrons. The SMILES string of the molecule is CC1(C(=O)N[C@H](Cc2ccccc2)C(=O)O)CCCC1N. The van der Waals surface area contributed by atoms with E-state index in [1.54, 1.807) is 0 Å². The molecule has 5 heteroatoms. The van der Waals surface area contributed by atoms with Crippen LogP contribution >= 0.6 is 0 Å². The summed E-state index contributed by atoms with van der Waals surface area (Å²) in [5.74, 6) is -1.28. The van der Waals surface area contributed by atoms with Crippen molar-refractivity contribution in [1.82, 2.24) is 5.32 Å². The molecule has 2 rings (SSSR count). The average Bonchev–Trinajstić information content (AvgIpc) is 2.80. The molecule has 1 aromatic carbocycles. The summed E-state index contributed by atoms with van der Waals surface area (Å²) >= 11 is 0. The van der Waals surface area contributed by atoms with Crippen LogP contribution in [0.25, 0.3) is 0 Å². The Kier molecular flexibility index (Phi) is 4.63. The zero-order valence-corrected chi connectivity index (χ0v) is 12.2. The number of hydrogen-bond donors (Lipinski definition) is 3. The maximum Gasteiger partial charge on any atom is 0.326 e. The quantitative estimate of drug-likeness (QED) is 0.762. The van der Waals surface area contributed by atoms with Crippen LogP contribution in [0.4, 0.5) is 0 Å². The van der Waals surface area contributed by atoms with Gasteiger partial charge in [0.1, 0.15) is 6.04 Å². The molecule has 21 heavy (non-hydrogen) atoms. The molecule has 1 aliphatic carbocycles. The monoisotopic (exact) mass is 290 g/mol. The summed E-state index contributed by atoms with van der Waals surface area (Å²) in [6, 6.07) is 8.15. The van der Waals surface area contributed by atoms with Crippen molar-refractivity contribution in [3.05, 3.63) is 35.9 Å². The summed E-state index contributed by atoms with van der Waals surface area (Å²) in [5.41, 5.74) is 6.23. The summed E-state index contributed by atoms with van der Waals surface area (Å²) in [6.45, 7) is 1.82. The number of amides is 1. The molecule has 1 saturated carbocycles. The Morgan fingerprint density at radius 2 is 2.10 bits per heavy atom. The van der Waals surface area contributed by atoms with Crippen LogP contribution < -0.4 is 11.1 Å². The molecule has 0 spiro atoms. The number of rotatable bonds is 5. The number of carboxylic acid groups (broad SMARTS) is 1. The van der Waals surface area contributed by atoms with Gasteiger partial charge in [0.25, 0.3) is 0 Å². The van der Waals surface area contributed by atoms with Crippen molar-refractivity contribution in [2.45, 2.75) is 44.7 Å². The smallest absolute Gasteiger partial charge is 0.326 e. The Morgan fingerprint density at radius 1 is 1.43 bits per heavy atom. The molecule has 114 valence electrons. The van der Waals surface area contributed by atoms with Gasteiger partial charge >= 0.3 is 5.97 Å². The molecule has 0 aromatic heterocycles. The van der Waals surface area contributed by atoms with Crippen molar-refractivity contribution in [2.24, 2.45) is 11.1 Å². The first-order chi connectivity index (χ1) is 9.93. The molecule has 0 bridgehead atoms. The molecular weight excluding hydrogens is 268 g/mol. The molecule has 1 fully saturated rings. The van der Waals surface area contributed by atoms with E-state index in [0.717, 1.165) is 18.4 Å². The number of nitrogens with one attached hydrogen (secondary N) is 1. The molecule has 2 unspecified atom stereocenters. The largest absolute Gasteiger partial charge is 0.480 e. The first-order valence-electron chi connectivity index (χ1n) is 7.27. The number of hydrogen-bond acceptors (Lipinski definition) is 3. The number of benzene rings is 1. The fraction of sp³-hybridized carbons (Fsp3) is 0.500. The zero-order chi connectivity index (χ0) is 15.5. The van der Waals surface area contributed by atoms with Crippen molar-refractivity contribution >= 4 is 11.9 Å². The summed E-state index contributed by atoms with van der Waals surface area (Å²) in [4.78, 5) is 23.8. The van der Waals surface area contributed by atoms with Gasteiger partial charge < -0.3 is 16.2 Å². The second kappa shape index (κ2) is 6.26. The van der Waals surface area contributed by atoms with Crippen LogP contribution in [0.1, 0.15) is 31.7 Å². The van der Waals surface area contributed by atoms with E-state index in [2.05, 4.69) is 5.32 Å². The first kappa shape index (κ1) is 15.5. The van der Waals surface area contributed by atoms with Gasteiger partial charge in [0, 0.05) is 12.5 Å². The van der Waals surface area contributed by atoms with Crippen LogP contribution in [0.2, 0.25) is 0 Å². The Hall–Kier alpha value is -1.88. The van der Waals surface area contributed by atoms with Gasteiger partial charge in [-0.05, 0) is 25.3 Å². The molecule has 1 aromatic rings. The highest BCUT2D eigenvalue weighted by Crippen LogP contribution is 2.36. The molecule has 5 nitrogen and oxygen atoms in total. The predicted molar refractivity (Wildman–Crippen MR) is 79.6 cm³/mol. The number of carboxylic acids is 1. The fourth-order valence-corrected chi connectivity index (χ4v) is 2.85. The minimum absolute atomic E-state index is 0.205. The van der Waals surface area contributed by atoms with Gasteiger partial charge in [-0.1, -0.05) is 36.8 Å². The van der Waals surface area contributed by atoms with Crippen molar-refractivity contribution < 1.29 is 14.7 Å². The molecule has 1 aliphatic rings. The van der Waals surface area contributed by atoms with Gasteiger partial charge in [-0.15, -0.1) is 0 Å². The molecule has 3 atom stereocenters. The minimum atomic E-state index is -1.03. The molecular formula is C16H22N2O3. The van der Waals surface area contributed by atoms with E-state index in [-0.39, 0.29) is 18.4 Å². The van der Waals surface area contributed by atoms with E-state index in [9.17, 15) is 14.7 Å². The Labute approximate surface area is 124 Å². The highest BCUT2D eigenvalue weighted by molar-refractivity contribution is 5.88. The van der Waals surface area contributed by atoms with Crippen LogP contribution in [0, 0.1) is 5.41 Å². The van der Waals surface area contributed by atoms with Gasteiger partial charge in [0.05, 0.1) is 5.41 Å². The Morgan fingerprint density at radius 3 is 2.62 bits per heavy atom. The van der Waals surface area contributed by atoms with Crippen molar-refractivity contribution in [1.29, 1.82) is 0 Å². The molecule has 0 heterocycles. The normalized spacial score (nSPS) is 26.3. The number of carbonyl (C=O) groups excluding carboxylic acids is 1. The Balaban J connectivity index is 2.06. The summed E-state index contributed by atoms with van der Waals surface area (Å²) in [7, 11) is 0. The van der Waals surface area contributed by atoms with Gasteiger partial charge in [-0.25, -0.2) is 4.79 Å². The summed E-state index contributed by atoms with van der Waals surface area (Å²) in [6.07, 6.45) is 2.69. The van der Waals surface area contributed by atoms with E-state index in [1.807, 2.05) is 37.3 Å². The Bertz CT molecular complexity index is 518. The lowest BCUT2D eigenvalue weighted by atomic mass is 9.84. The molecule has 0 aliphatic heterocycles. The standard InChI is InChI=1S/C16H22N2O3/c1-16(9-5-8-13(16)17)15(21)18-12(14(19)20)10-11-6-3-2-4-7-11/h2-4,6-7,12-13H,5,8-10,17H2,1H3,(H,18,21)(H,19,20)/t12-,13?,16?/m1/s1. The topological polar surface area (TPSA) is 92.4 Å².